The van der Waals surface area contributed by atoms with Gasteiger partial charge in [0.2, 0.25) is 0 Å². The number of nitrogens with zero attached hydrogens (tertiary/aromatic N) is 4. The normalized spacial score (nSPS) is 50.2. The standard InChI is InChI=1S/C26H42N4O2/c1-15(13-30-28-16(2)27-29-30)23-21-11-22(21)24-20-6-5-17-12-26(31,14-32-4)10-8-18(17)19(20)7-9-25(23,24)3/h15,17-24,31H,5-14H2,1-4H3/t15-,17-,18-,19+,20+,21-,22+,23-,24+,25+,26+/m0/s1. The zero-order valence-corrected chi connectivity index (χ0v) is 20.4. The molecule has 0 amide bonds. The lowest BCUT2D eigenvalue weighted by molar-refractivity contribution is -0.131. The molecule has 5 saturated carbocycles. The lowest BCUT2D eigenvalue weighted by Gasteiger charge is -2.58. The van der Waals surface area contributed by atoms with Gasteiger partial charge in [-0.1, -0.05) is 13.8 Å². The zero-order valence-electron chi connectivity index (χ0n) is 20.4. The Morgan fingerprint density at radius 2 is 1.91 bits per heavy atom. The first-order valence-corrected chi connectivity index (χ1v) is 13.3. The van der Waals surface area contributed by atoms with Gasteiger partial charge >= 0.3 is 0 Å². The van der Waals surface area contributed by atoms with E-state index in [2.05, 4.69) is 29.3 Å². The molecule has 1 aromatic rings. The van der Waals surface area contributed by atoms with Crippen LogP contribution in [0, 0.1) is 65.6 Å². The van der Waals surface area contributed by atoms with E-state index in [4.69, 9.17) is 4.74 Å². The minimum Gasteiger partial charge on any atom is -0.387 e. The molecule has 5 aliphatic carbocycles. The van der Waals surface area contributed by atoms with E-state index in [9.17, 15) is 5.11 Å². The van der Waals surface area contributed by atoms with Gasteiger partial charge in [0.25, 0.3) is 0 Å². The van der Waals surface area contributed by atoms with Crippen molar-refractivity contribution in [1.29, 1.82) is 0 Å². The number of aryl methyl sites for hydroxylation is 1. The summed E-state index contributed by atoms with van der Waals surface area (Å²) in [5, 5.41) is 23.9. The molecule has 1 N–H and O–H groups in total. The summed E-state index contributed by atoms with van der Waals surface area (Å²) in [7, 11) is 1.73. The van der Waals surface area contributed by atoms with Crippen LogP contribution in [0.3, 0.4) is 0 Å². The number of methoxy groups -OCH3 is 1. The molecule has 0 aliphatic heterocycles. The fourth-order valence-electron chi connectivity index (χ4n) is 10.2. The van der Waals surface area contributed by atoms with Crippen molar-refractivity contribution in [3.8, 4) is 0 Å². The fraction of sp³-hybridized carbons (Fsp3) is 0.962. The third-order valence-electron chi connectivity index (χ3n) is 11.0. The number of aromatic nitrogens is 4. The van der Waals surface area contributed by atoms with Crippen LogP contribution in [0.5, 0.6) is 0 Å². The molecule has 5 fully saturated rings. The van der Waals surface area contributed by atoms with E-state index in [0.29, 0.717) is 23.9 Å². The summed E-state index contributed by atoms with van der Waals surface area (Å²) in [6.07, 6.45) is 10.1. The van der Waals surface area contributed by atoms with Crippen LogP contribution in [0.1, 0.15) is 71.0 Å². The second-order valence-corrected chi connectivity index (χ2v) is 12.8. The molecule has 0 unspecified atom stereocenters. The summed E-state index contributed by atoms with van der Waals surface area (Å²) in [5.74, 6) is 8.38. The fourth-order valence-corrected chi connectivity index (χ4v) is 10.2. The number of tetrazole rings is 1. The van der Waals surface area contributed by atoms with Gasteiger partial charge in [0.15, 0.2) is 5.82 Å². The molecular formula is C26H42N4O2. The summed E-state index contributed by atoms with van der Waals surface area (Å²) in [5.41, 5.74) is -0.0861. The maximum atomic E-state index is 11.0. The summed E-state index contributed by atoms with van der Waals surface area (Å²) in [6, 6.07) is 0. The third kappa shape index (κ3) is 3.22. The number of hydrogen-bond donors (Lipinski definition) is 1. The number of hydrogen-bond acceptors (Lipinski definition) is 5. The Morgan fingerprint density at radius 1 is 1.09 bits per heavy atom. The molecule has 11 atom stereocenters. The van der Waals surface area contributed by atoms with Gasteiger partial charge in [-0.15, -0.1) is 10.2 Å². The average molecular weight is 443 g/mol. The second-order valence-electron chi connectivity index (χ2n) is 12.8. The summed E-state index contributed by atoms with van der Waals surface area (Å²) in [6.45, 7) is 8.46. The van der Waals surface area contributed by atoms with Crippen molar-refractivity contribution >= 4 is 0 Å². The Balaban J connectivity index is 1.20. The van der Waals surface area contributed by atoms with E-state index in [1.54, 1.807) is 7.11 Å². The van der Waals surface area contributed by atoms with Crippen molar-refractivity contribution in [2.24, 2.45) is 58.7 Å². The SMILES string of the molecule is COC[C@@]1(O)CC[C@H]2[C@@H](CC[C@@H]3[C@@H]2CC[C@@]2(C)[C@H]3[C@@H]3C[C@@H]3[C@@H]2[C@@H](C)Cn2nnc(C)n2)C1. The van der Waals surface area contributed by atoms with Gasteiger partial charge in [-0.05, 0) is 122 Å². The van der Waals surface area contributed by atoms with Crippen molar-refractivity contribution in [2.75, 3.05) is 13.7 Å². The zero-order chi connectivity index (χ0) is 22.3. The van der Waals surface area contributed by atoms with Gasteiger partial charge in [0, 0.05) is 7.11 Å². The van der Waals surface area contributed by atoms with Gasteiger partial charge in [0.1, 0.15) is 0 Å². The van der Waals surface area contributed by atoms with Crippen molar-refractivity contribution < 1.29 is 9.84 Å². The van der Waals surface area contributed by atoms with E-state index in [-0.39, 0.29) is 0 Å². The molecule has 0 radical (unpaired) electrons. The second kappa shape index (κ2) is 7.49. The summed E-state index contributed by atoms with van der Waals surface area (Å²) >= 11 is 0. The Labute approximate surface area is 192 Å². The molecule has 6 nitrogen and oxygen atoms in total. The van der Waals surface area contributed by atoms with Gasteiger partial charge in [-0.2, -0.15) is 4.80 Å². The van der Waals surface area contributed by atoms with E-state index in [1.165, 1.54) is 38.5 Å². The molecule has 178 valence electrons. The smallest absolute Gasteiger partial charge is 0.171 e. The quantitative estimate of drug-likeness (QED) is 0.743. The highest BCUT2D eigenvalue weighted by Crippen LogP contribution is 2.76. The van der Waals surface area contributed by atoms with Gasteiger partial charge in [0.05, 0.1) is 18.8 Å². The molecule has 1 heterocycles. The van der Waals surface area contributed by atoms with Crippen molar-refractivity contribution in [3.05, 3.63) is 5.82 Å². The van der Waals surface area contributed by atoms with E-state index in [0.717, 1.165) is 66.6 Å². The molecule has 32 heavy (non-hydrogen) atoms. The van der Waals surface area contributed by atoms with Gasteiger partial charge < -0.3 is 9.84 Å². The van der Waals surface area contributed by atoms with E-state index < -0.39 is 5.60 Å². The Bertz CT molecular complexity index is 859. The predicted octanol–water partition coefficient (Wildman–Crippen LogP) is 4.12. The third-order valence-corrected chi connectivity index (χ3v) is 11.0. The molecule has 0 bridgehead atoms. The Hall–Kier alpha value is -1.01. The Morgan fingerprint density at radius 3 is 2.66 bits per heavy atom. The largest absolute Gasteiger partial charge is 0.387 e. The number of rotatable bonds is 5. The van der Waals surface area contributed by atoms with Gasteiger partial charge in [-0.25, -0.2) is 0 Å². The van der Waals surface area contributed by atoms with Crippen molar-refractivity contribution in [2.45, 2.75) is 84.3 Å². The van der Waals surface area contributed by atoms with Crippen LogP contribution >= 0.6 is 0 Å². The number of aliphatic hydroxyl groups is 1. The highest BCUT2D eigenvalue weighted by atomic mass is 16.5. The molecule has 6 heteroatoms. The van der Waals surface area contributed by atoms with E-state index in [1.807, 2.05) is 11.7 Å². The van der Waals surface area contributed by atoms with E-state index >= 15 is 0 Å². The first-order valence-electron chi connectivity index (χ1n) is 13.3. The first kappa shape index (κ1) is 21.5. The summed E-state index contributed by atoms with van der Waals surface area (Å²) < 4.78 is 5.37. The van der Waals surface area contributed by atoms with Crippen LogP contribution in [0.15, 0.2) is 0 Å². The van der Waals surface area contributed by atoms with Crippen LogP contribution in [0.2, 0.25) is 0 Å². The number of ether oxygens (including phenoxy) is 1. The van der Waals surface area contributed by atoms with Crippen molar-refractivity contribution in [3.63, 3.8) is 0 Å². The first-order chi connectivity index (χ1) is 15.3. The van der Waals surface area contributed by atoms with Crippen LogP contribution in [-0.2, 0) is 11.3 Å². The van der Waals surface area contributed by atoms with Crippen LogP contribution in [0.4, 0.5) is 0 Å². The lowest BCUT2D eigenvalue weighted by Crippen LogP contribution is -2.53. The average Bonchev–Trinajstić information content (AvgIpc) is 3.29. The summed E-state index contributed by atoms with van der Waals surface area (Å²) in [4.78, 5) is 1.84. The lowest BCUT2D eigenvalue weighted by atomic mass is 9.47. The minimum absolute atomic E-state index is 0.488. The maximum absolute atomic E-state index is 11.0. The predicted molar refractivity (Wildman–Crippen MR) is 122 cm³/mol. The highest BCUT2D eigenvalue weighted by molar-refractivity contribution is 5.18. The molecule has 1 aromatic heterocycles. The number of fused-ring (bicyclic) bond motifs is 7. The van der Waals surface area contributed by atoms with Crippen LogP contribution < -0.4 is 0 Å². The molecular weight excluding hydrogens is 400 g/mol. The van der Waals surface area contributed by atoms with Crippen LogP contribution in [0.25, 0.3) is 0 Å². The highest BCUT2D eigenvalue weighted by Gasteiger charge is 2.70. The molecule has 6 rings (SSSR count). The van der Waals surface area contributed by atoms with Crippen LogP contribution in [-0.4, -0.2) is 44.6 Å². The minimum atomic E-state index is -0.574. The Kier molecular flexibility index (Phi) is 5.04. The molecule has 0 saturated heterocycles. The van der Waals surface area contributed by atoms with Crippen molar-refractivity contribution in [1.82, 2.24) is 20.2 Å². The monoisotopic (exact) mass is 442 g/mol. The van der Waals surface area contributed by atoms with Gasteiger partial charge in [-0.3, -0.25) is 0 Å². The molecule has 0 aromatic carbocycles. The topological polar surface area (TPSA) is 73.1 Å². The maximum Gasteiger partial charge on any atom is 0.171 e. The molecule has 0 spiro atoms. The molecule has 5 aliphatic rings.